The first-order chi connectivity index (χ1) is 9.26. The molecule has 0 spiro atoms. The number of nitrogens with two attached hydrogens (primary N) is 1. The minimum atomic E-state index is -0.377. The molecule has 1 aromatic carbocycles. The van der Waals surface area contributed by atoms with Crippen molar-refractivity contribution in [3.8, 4) is 5.75 Å². The van der Waals surface area contributed by atoms with Gasteiger partial charge in [-0.1, -0.05) is 0 Å². The van der Waals surface area contributed by atoms with E-state index in [2.05, 4.69) is 5.32 Å². The number of hydrogen-bond acceptors (Lipinski definition) is 4. The van der Waals surface area contributed by atoms with Gasteiger partial charge in [0.15, 0.2) is 0 Å². The van der Waals surface area contributed by atoms with Gasteiger partial charge in [-0.25, -0.2) is 0 Å². The van der Waals surface area contributed by atoms with E-state index in [1.54, 1.807) is 0 Å². The Bertz CT molecular complexity index is 490. The summed E-state index contributed by atoms with van der Waals surface area (Å²) in [5.41, 5.74) is 7.48. The van der Waals surface area contributed by atoms with Crippen LogP contribution in [0.25, 0.3) is 0 Å². The van der Waals surface area contributed by atoms with Crippen molar-refractivity contribution in [1.29, 1.82) is 0 Å². The van der Waals surface area contributed by atoms with Crippen molar-refractivity contribution in [2.24, 2.45) is 5.73 Å². The number of amides is 1. The number of benzene rings is 1. The molecule has 2 aliphatic heterocycles. The summed E-state index contributed by atoms with van der Waals surface area (Å²) in [7, 11) is 0. The summed E-state index contributed by atoms with van der Waals surface area (Å²) in [5, 5.41) is 2.90. The number of carbonyl (C=O) groups excluding carboxylic acids is 1. The van der Waals surface area contributed by atoms with Crippen LogP contribution in [-0.4, -0.2) is 31.3 Å². The van der Waals surface area contributed by atoms with E-state index in [-0.39, 0.29) is 18.1 Å². The van der Waals surface area contributed by atoms with E-state index < -0.39 is 0 Å². The van der Waals surface area contributed by atoms with Gasteiger partial charge in [0.2, 0.25) is 0 Å². The predicted octanol–water partition coefficient (Wildman–Crippen LogP) is 1.07. The molecule has 3 N–H and O–H groups in total. The first kappa shape index (κ1) is 12.4. The van der Waals surface area contributed by atoms with Gasteiger partial charge >= 0.3 is 0 Å². The molecule has 5 nitrogen and oxygen atoms in total. The second-order valence-corrected chi connectivity index (χ2v) is 4.97. The Balaban J connectivity index is 1.63. The third-order valence-corrected chi connectivity index (χ3v) is 3.62. The SMILES string of the molecule is NCC1CCC(C(=O)Nc2ccc3c(c2)CCO3)O1. The summed E-state index contributed by atoms with van der Waals surface area (Å²) in [5.74, 6) is 0.827. The minimum Gasteiger partial charge on any atom is -0.493 e. The molecule has 2 unspecified atom stereocenters. The van der Waals surface area contributed by atoms with Crippen LogP contribution in [0.2, 0.25) is 0 Å². The molecule has 0 aliphatic carbocycles. The zero-order valence-corrected chi connectivity index (χ0v) is 10.7. The molecule has 1 aromatic rings. The van der Waals surface area contributed by atoms with E-state index in [0.717, 1.165) is 42.9 Å². The Morgan fingerprint density at radius 2 is 2.32 bits per heavy atom. The predicted molar refractivity (Wildman–Crippen MR) is 71.2 cm³/mol. The third-order valence-electron chi connectivity index (χ3n) is 3.62. The van der Waals surface area contributed by atoms with Crippen LogP contribution in [0.4, 0.5) is 5.69 Å². The van der Waals surface area contributed by atoms with Gasteiger partial charge in [0.1, 0.15) is 11.9 Å². The number of rotatable bonds is 3. The first-order valence-corrected chi connectivity index (χ1v) is 6.68. The van der Waals surface area contributed by atoms with Crippen molar-refractivity contribution in [3.05, 3.63) is 23.8 Å². The molecule has 0 aromatic heterocycles. The van der Waals surface area contributed by atoms with Crippen LogP contribution in [0.1, 0.15) is 18.4 Å². The van der Waals surface area contributed by atoms with Crippen molar-refractivity contribution in [1.82, 2.24) is 0 Å². The molecule has 2 atom stereocenters. The molecule has 1 saturated heterocycles. The average molecular weight is 262 g/mol. The van der Waals surface area contributed by atoms with Gasteiger partial charge in [-0.3, -0.25) is 4.79 Å². The maximum atomic E-state index is 12.1. The van der Waals surface area contributed by atoms with E-state index in [4.69, 9.17) is 15.2 Å². The van der Waals surface area contributed by atoms with Gasteiger partial charge in [0, 0.05) is 18.7 Å². The zero-order valence-electron chi connectivity index (χ0n) is 10.7. The van der Waals surface area contributed by atoms with Crippen molar-refractivity contribution in [3.63, 3.8) is 0 Å². The van der Waals surface area contributed by atoms with Gasteiger partial charge in [0.05, 0.1) is 12.7 Å². The normalized spacial score (nSPS) is 24.9. The quantitative estimate of drug-likeness (QED) is 0.854. The molecule has 102 valence electrons. The molecule has 3 rings (SSSR count). The molecule has 0 radical (unpaired) electrons. The second-order valence-electron chi connectivity index (χ2n) is 4.97. The van der Waals surface area contributed by atoms with Gasteiger partial charge in [-0.2, -0.15) is 0 Å². The Labute approximate surface area is 112 Å². The smallest absolute Gasteiger partial charge is 0.253 e. The molecule has 0 bridgehead atoms. The van der Waals surface area contributed by atoms with Crippen LogP contribution in [0.3, 0.4) is 0 Å². The highest BCUT2D eigenvalue weighted by molar-refractivity contribution is 5.94. The minimum absolute atomic E-state index is 0.0178. The Hall–Kier alpha value is -1.59. The highest BCUT2D eigenvalue weighted by Gasteiger charge is 2.29. The number of nitrogens with one attached hydrogen (secondary N) is 1. The van der Waals surface area contributed by atoms with E-state index in [9.17, 15) is 4.79 Å². The molecule has 0 saturated carbocycles. The molecule has 5 heteroatoms. The molecule has 1 fully saturated rings. The summed E-state index contributed by atoms with van der Waals surface area (Å²) >= 11 is 0. The highest BCUT2D eigenvalue weighted by Crippen LogP contribution is 2.28. The molecular formula is C14H18N2O3. The lowest BCUT2D eigenvalue weighted by atomic mass is 10.1. The highest BCUT2D eigenvalue weighted by atomic mass is 16.5. The van der Waals surface area contributed by atoms with Gasteiger partial charge in [0.25, 0.3) is 5.91 Å². The summed E-state index contributed by atoms with van der Waals surface area (Å²) < 4.78 is 11.0. The average Bonchev–Trinajstić information content (AvgIpc) is 3.06. The van der Waals surface area contributed by atoms with Gasteiger partial charge < -0.3 is 20.5 Å². The molecule has 2 aliphatic rings. The van der Waals surface area contributed by atoms with Gasteiger partial charge in [-0.05, 0) is 36.6 Å². The second kappa shape index (κ2) is 5.19. The van der Waals surface area contributed by atoms with Crippen LogP contribution in [0, 0.1) is 0 Å². The van der Waals surface area contributed by atoms with Crippen LogP contribution >= 0.6 is 0 Å². The third kappa shape index (κ3) is 2.57. The lowest BCUT2D eigenvalue weighted by Gasteiger charge is -2.13. The fourth-order valence-electron chi connectivity index (χ4n) is 2.56. The van der Waals surface area contributed by atoms with Crippen molar-refractivity contribution in [2.45, 2.75) is 31.5 Å². The number of carbonyl (C=O) groups is 1. The first-order valence-electron chi connectivity index (χ1n) is 6.68. The largest absolute Gasteiger partial charge is 0.493 e. The maximum absolute atomic E-state index is 12.1. The Morgan fingerprint density at radius 1 is 1.42 bits per heavy atom. The summed E-state index contributed by atoms with van der Waals surface area (Å²) in [6.45, 7) is 1.19. The van der Waals surface area contributed by atoms with Crippen LogP contribution in [-0.2, 0) is 16.0 Å². The fourth-order valence-corrected chi connectivity index (χ4v) is 2.56. The standard InChI is InChI=1S/C14H18N2O3/c15-8-11-2-4-13(19-11)14(17)16-10-1-3-12-9(7-10)5-6-18-12/h1,3,7,11,13H,2,4-6,8,15H2,(H,16,17). The lowest BCUT2D eigenvalue weighted by Crippen LogP contribution is -2.29. The lowest BCUT2D eigenvalue weighted by molar-refractivity contribution is -0.126. The van der Waals surface area contributed by atoms with Crippen LogP contribution in [0.5, 0.6) is 5.75 Å². The van der Waals surface area contributed by atoms with E-state index in [1.165, 1.54) is 0 Å². The fraction of sp³-hybridized carbons (Fsp3) is 0.500. The zero-order chi connectivity index (χ0) is 13.2. The van der Waals surface area contributed by atoms with Crippen LogP contribution in [0.15, 0.2) is 18.2 Å². The number of anilines is 1. The van der Waals surface area contributed by atoms with Crippen molar-refractivity contribution >= 4 is 11.6 Å². The monoisotopic (exact) mass is 262 g/mol. The number of fused-ring (bicyclic) bond motifs is 1. The van der Waals surface area contributed by atoms with Crippen LogP contribution < -0.4 is 15.8 Å². The van der Waals surface area contributed by atoms with Crippen molar-refractivity contribution in [2.75, 3.05) is 18.5 Å². The summed E-state index contributed by atoms with van der Waals surface area (Å²) in [6, 6.07) is 5.73. The molecule has 19 heavy (non-hydrogen) atoms. The number of hydrogen-bond donors (Lipinski definition) is 2. The summed E-state index contributed by atoms with van der Waals surface area (Å²) in [4.78, 5) is 12.1. The van der Waals surface area contributed by atoms with Crippen molar-refractivity contribution < 1.29 is 14.3 Å². The number of ether oxygens (including phenoxy) is 2. The van der Waals surface area contributed by atoms with E-state index in [1.807, 2.05) is 18.2 Å². The Morgan fingerprint density at radius 3 is 3.11 bits per heavy atom. The van der Waals surface area contributed by atoms with E-state index >= 15 is 0 Å². The topological polar surface area (TPSA) is 73.6 Å². The molecular weight excluding hydrogens is 244 g/mol. The Kier molecular flexibility index (Phi) is 3.40. The van der Waals surface area contributed by atoms with Gasteiger partial charge in [-0.15, -0.1) is 0 Å². The molecule has 2 heterocycles. The van der Waals surface area contributed by atoms with E-state index in [0.29, 0.717) is 6.54 Å². The maximum Gasteiger partial charge on any atom is 0.253 e. The molecule has 1 amide bonds. The summed E-state index contributed by atoms with van der Waals surface area (Å²) in [6.07, 6.45) is 2.13.